The Morgan fingerprint density at radius 1 is 1.16 bits per heavy atom. The molecule has 1 aliphatic carbocycles. The van der Waals surface area contributed by atoms with Crippen molar-refractivity contribution in [3.8, 4) is 0 Å². The van der Waals surface area contributed by atoms with Gasteiger partial charge in [0, 0.05) is 30.6 Å². The van der Waals surface area contributed by atoms with E-state index in [1.165, 1.54) is 12.8 Å². The lowest BCUT2D eigenvalue weighted by molar-refractivity contribution is -0.128. The van der Waals surface area contributed by atoms with Gasteiger partial charge in [-0.25, -0.2) is 0 Å². The number of rotatable bonds is 0. The summed E-state index contributed by atoms with van der Waals surface area (Å²) in [6, 6.07) is 0.335. The molecular formula is C16H23NO2. The number of ketones is 2. The molecule has 0 aromatic rings. The molecule has 0 aromatic carbocycles. The third kappa shape index (κ3) is 1.94. The molecule has 2 aliphatic heterocycles. The number of allylic oxidation sites excluding steroid dienone is 2. The van der Waals surface area contributed by atoms with Crippen molar-refractivity contribution in [2.45, 2.75) is 58.9 Å². The van der Waals surface area contributed by atoms with Crippen LogP contribution in [0.15, 0.2) is 11.3 Å². The molecule has 104 valence electrons. The molecule has 0 saturated carbocycles. The van der Waals surface area contributed by atoms with Crippen molar-refractivity contribution < 1.29 is 9.59 Å². The molecule has 3 nitrogen and oxygen atoms in total. The first-order chi connectivity index (χ1) is 8.91. The Kier molecular flexibility index (Phi) is 2.84. The Labute approximate surface area is 115 Å². The maximum absolute atomic E-state index is 12.5. The molecule has 0 spiro atoms. The van der Waals surface area contributed by atoms with E-state index in [0.29, 0.717) is 18.0 Å². The van der Waals surface area contributed by atoms with Crippen LogP contribution >= 0.6 is 0 Å². The van der Waals surface area contributed by atoms with Crippen molar-refractivity contribution in [2.24, 2.45) is 11.3 Å². The number of nitrogens with zero attached hydrogens (tertiary/aromatic N) is 1. The minimum Gasteiger partial charge on any atom is -0.370 e. The van der Waals surface area contributed by atoms with Gasteiger partial charge in [-0.05, 0) is 31.1 Å². The van der Waals surface area contributed by atoms with Crippen LogP contribution in [0.3, 0.4) is 0 Å². The number of Topliss-reactive ketones (excluding diaryl/α,β-unsaturated/α-hetero) is 2. The molecule has 0 amide bonds. The fourth-order valence-corrected chi connectivity index (χ4v) is 4.03. The van der Waals surface area contributed by atoms with Crippen molar-refractivity contribution in [2.75, 3.05) is 6.54 Å². The van der Waals surface area contributed by atoms with Gasteiger partial charge in [0.1, 0.15) is 0 Å². The molecule has 2 atom stereocenters. The maximum atomic E-state index is 12.5. The lowest BCUT2D eigenvalue weighted by atomic mass is 9.69. The zero-order valence-corrected chi connectivity index (χ0v) is 12.2. The van der Waals surface area contributed by atoms with Gasteiger partial charge in [-0.15, -0.1) is 0 Å². The van der Waals surface area contributed by atoms with E-state index in [1.54, 1.807) is 0 Å². The summed E-state index contributed by atoms with van der Waals surface area (Å²) in [7, 11) is 0. The standard InChI is InChI=1S/C16H23NO2/c1-10-11-6-4-5-7-17(11)12-8-16(2,3)9-13(18)14(12)15(10)19/h10-11H,4-9H2,1-3H3/t10-,11-/m0/s1. The molecule has 3 aliphatic rings. The molecule has 3 heteroatoms. The molecule has 0 unspecified atom stereocenters. The summed E-state index contributed by atoms with van der Waals surface area (Å²) < 4.78 is 0. The highest BCUT2D eigenvalue weighted by atomic mass is 16.2. The Balaban J connectivity index is 2.08. The van der Waals surface area contributed by atoms with E-state index in [1.807, 2.05) is 6.92 Å². The Morgan fingerprint density at radius 3 is 2.63 bits per heavy atom. The summed E-state index contributed by atoms with van der Waals surface area (Å²) in [6.07, 6.45) is 4.88. The van der Waals surface area contributed by atoms with E-state index in [9.17, 15) is 9.59 Å². The number of carbonyl (C=O) groups is 2. The second-order valence-corrected chi connectivity index (χ2v) is 7.17. The van der Waals surface area contributed by atoms with Crippen LogP contribution in [-0.2, 0) is 9.59 Å². The SMILES string of the molecule is C[C@@H]1C(=O)C2=C(CC(C)(C)CC2=O)N2CCCC[C@@H]12. The van der Waals surface area contributed by atoms with Gasteiger partial charge in [0.25, 0.3) is 0 Å². The molecule has 0 bridgehead atoms. The van der Waals surface area contributed by atoms with Crippen molar-refractivity contribution >= 4 is 11.6 Å². The average molecular weight is 261 g/mol. The third-order valence-corrected chi connectivity index (χ3v) is 4.99. The smallest absolute Gasteiger partial charge is 0.173 e. The summed E-state index contributed by atoms with van der Waals surface area (Å²) in [4.78, 5) is 27.3. The molecule has 2 heterocycles. The molecule has 0 radical (unpaired) electrons. The zero-order valence-electron chi connectivity index (χ0n) is 12.2. The van der Waals surface area contributed by atoms with Crippen LogP contribution in [0, 0.1) is 11.3 Å². The quantitative estimate of drug-likeness (QED) is 0.629. The minimum absolute atomic E-state index is 0.00122. The Hall–Kier alpha value is -1.12. The molecule has 19 heavy (non-hydrogen) atoms. The highest BCUT2D eigenvalue weighted by Crippen LogP contribution is 2.45. The lowest BCUT2D eigenvalue weighted by Gasteiger charge is -2.49. The van der Waals surface area contributed by atoms with Gasteiger partial charge in [-0.1, -0.05) is 20.8 Å². The van der Waals surface area contributed by atoms with Gasteiger partial charge >= 0.3 is 0 Å². The Bertz CT molecular complexity index is 475. The largest absolute Gasteiger partial charge is 0.370 e. The fraction of sp³-hybridized carbons (Fsp3) is 0.750. The first-order valence-electron chi connectivity index (χ1n) is 7.48. The topological polar surface area (TPSA) is 37.4 Å². The van der Waals surface area contributed by atoms with E-state index in [4.69, 9.17) is 0 Å². The Morgan fingerprint density at radius 2 is 1.89 bits per heavy atom. The second kappa shape index (κ2) is 4.19. The monoisotopic (exact) mass is 261 g/mol. The van der Waals surface area contributed by atoms with E-state index in [2.05, 4.69) is 18.7 Å². The summed E-state index contributed by atoms with van der Waals surface area (Å²) >= 11 is 0. The fourth-order valence-electron chi connectivity index (χ4n) is 4.03. The molecule has 1 fully saturated rings. The number of piperidine rings is 1. The predicted octanol–water partition coefficient (Wildman–Crippen LogP) is 2.70. The first kappa shape index (κ1) is 12.9. The van der Waals surface area contributed by atoms with Crippen molar-refractivity contribution in [3.05, 3.63) is 11.3 Å². The number of hydrogen-bond donors (Lipinski definition) is 0. The van der Waals surface area contributed by atoms with Gasteiger partial charge < -0.3 is 4.90 Å². The third-order valence-electron chi connectivity index (χ3n) is 4.99. The summed E-state index contributed by atoms with van der Waals surface area (Å²) in [5.74, 6) is 0.176. The van der Waals surface area contributed by atoms with E-state index < -0.39 is 0 Å². The number of fused-ring (bicyclic) bond motifs is 2. The summed E-state index contributed by atoms with van der Waals surface area (Å²) in [6.45, 7) is 7.29. The van der Waals surface area contributed by atoms with Gasteiger partial charge in [0.15, 0.2) is 11.6 Å². The van der Waals surface area contributed by atoms with Crippen LogP contribution in [0.1, 0.15) is 52.9 Å². The average Bonchev–Trinajstić information content (AvgIpc) is 2.34. The summed E-state index contributed by atoms with van der Waals surface area (Å²) in [5, 5.41) is 0. The number of carbonyl (C=O) groups excluding carboxylic acids is 2. The van der Waals surface area contributed by atoms with Crippen LogP contribution in [0.5, 0.6) is 0 Å². The highest BCUT2D eigenvalue weighted by Gasteiger charge is 2.46. The van der Waals surface area contributed by atoms with Crippen molar-refractivity contribution in [1.29, 1.82) is 0 Å². The van der Waals surface area contributed by atoms with Crippen LogP contribution in [-0.4, -0.2) is 29.1 Å². The minimum atomic E-state index is -0.00999. The van der Waals surface area contributed by atoms with E-state index in [-0.39, 0.29) is 22.9 Å². The molecule has 1 saturated heterocycles. The van der Waals surface area contributed by atoms with Gasteiger partial charge in [0.2, 0.25) is 0 Å². The molecule has 0 N–H and O–H groups in total. The van der Waals surface area contributed by atoms with Crippen molar-refractivity contribution in [1.82, 2.24) is 4.90 Å². The van der Waals surface area contributed by atoms with Crippen molar-refractivity contribution in [3.63, 3.8) is 0 Å². The second-order valence-electron chi connectivity index (χ2n) is 7.17. The van der Waals surface area contributed by atoms with E-state index in [0.717, 1.165) is 25.1 Å². The van der Waals surface area contributed by atoms with Crippen LogP contribution in [0.25, 0.3) is 0 Å². The maximum Gasteiger partial charge on any atom is 0.173 e. The first-order valence-corrected chi connectivity index (χ1v) is 7.48. The normalized spacial score (nSPS) is 34.2. The van der Waals surface area contributed by atoms with E-state index >= 15 is 0 Å². The van der Waals surface area contributed by atoms with Crippen LogP contribution in [0.2, 0.25) is 0 Å². The predicted molar refractivity (Wildman–Crippen MR) is 73.6 cm³/mol. The van der Waals surface area contributed by atoms with Crippen LogP contribution in [0.4, 0.5) is 0 Å². The molecular weight excluding hydrogens is 238 g/mol. The number of hydrogen-bond acceptors (Lipinski definition) is 3. The molecule has 0 aromatic heterocycles. The molecule has 3 rings (SSSR count). The lowest BCUT2D eigenvalue weighted by Crippen LogP contribution is -2.53. The van der Waals surface area contributed by atoms with Gasteiger partial charge in [0.05, 0.1) is 5.57 Å². The van der Waals surface area contributed by atoms with Gasteiger partial charge in [-0.3, -0.25) is 9.59 Å². The zero-order chi connectivity index (χ0) is 13.8. The summed E-state index contributed by atoms with van der Waals surface area (Å²) in [5.41, 5.74) is 1.61. The van der Waals surface area contributed by atoms with Crippen LogP contribution < -0.4 is 0 Å². The van der Waals surface area contributed by atoms with Gasteiger partial charge in [-0.2, -0.15) is 0 Å². The highest BCUT2D eigenvalue weighted by molar-refractivity contribution is 6.22.